The predicted molar refractivity (Wildman–Crippen MR) is 89.1 cm³/mol. The van der Waals surface area contributed by atoms with Gasteiger partial charge in [0.15, 0.2) is 17.5 Å². The molecule has 2 heterocycles. The molecule has 0 radical (unpaired) electrons. The minimum atomic E-state index is -0.628. The standard InChI is InChI=1S/C17H23FN4O2/c1-19-16(20-9-12-3-4-14(23)13(18)7-12)22-6-2-5-17(11-22)8-15(24)21-10-17/h3-4,7,23H,2,5-6,8-11H2,1H3,(H,19,20)(H,21,24). The summed E-state index contributed by atoms with van der Waals surface area (Å²) in [5.41, 5.74) is 0.730. The SMILES string of the molecule is CN=C(NCc1ccc(O)c(F)c1)N1CCCC2(CNC(=O)C2)C1. The highest BCUT2D eigenvalue weighted by Crippen LogP contribution is 2.36. The van der Waals surface area contributed by atoms with E-state index >= 15 is 0 Å². The Morgan fingerprint density at radius 3 is 3.04 bits per heavy atom. The Bertz CT molecular complexity index is 664. The van der Waals surface area contributed by atoms with Crippen molar-refractivity contribution in [3.8, 4) is 5.75 Å². The zero-order chi connectivity index (χ0) is 17.2. The fraction of sp³-hybridized carbons (Fsp3) is 0.529. The van der Waals surface area contributed by atoms with Crippen molar-refractivity contribution >= 4 is 11.9 Å². The van der Waals surface area contributed by atoms with Crippen molar-refractivity contribution in [3.05, 3.63) is 29.6 Å². The molecule has 6 nitrogen and oxygen atoms in total. The van der Waals surface area contributed by atoms with E-state index in [1.807, 2.05) is 0 Å². The second kappa shape index (κ2) is 6.67. The molecule has 1 aromatic carbocycles. The number of nitrogens with one attached hydrogen (secondary N) is 2. The normalized spacial score (nSPS) is 24.3. The number of phenols is 1. The van der Waals surface area contributed by atoms with Crippen LogP contribution in [0, 0.1) is 11.2 Å². The number of benzene rings is 1. The number of piperidine rings is 1. The monoisotopic (exact) mass is 334 g/mol. The summed E-state index contributed by atoms with van der Waals surface area (Å²) >= 11 is 0. The van der Waals surface area contributed by atoms with Crippen molar-refractivity contribution in [2.24, 2.45) is 10.4 Å². The third-order valence-electron chi connectivity index (χ3n) is 4.83. The number of guanidine groups is 1. The Labute approximate surface area is 140 Å². The third-order valence-corrected chi connectivity index (χ3v) is 4.83. The van der Waals surface area contributed by atoms with Crippen LogP contribution in [0.5, 0.6) is 5.75 Å². The van der Waals surface area contributed by atoms with E-state index < -0.39 is 5.82 Å². The van der Waals surface area contributed by atoms with Gasteiger partial charge in [0.05, 0.1) is 0 Å². The van der Waals surface area contributed by atoms with Gasteiger partial charge in [0, 0.05) is 45.1 Å². The smallest absolute Gasteiger partial charge is 0.220 e. The van der Waals surface area contributed by atoms with Crippen LogP contribution in [-0.2, 0) is 11.3 Å². The number of likely N-dealkylation sites (tertiary alicyclic amines) is 1. The van der Waals surface area contributed by atoms with Crippen molar-refractivity contribution in [1.29, 1.82) is 0 Å². The van der Waals surface area contributed by atoms with Crippen LogP contribution in [-0.4, -0.2) is 48.6 Å². The number of phenolic OH excluding ortho intramolecular Hbond substituents is 1. The van der Waals surface area contributed by atoms with Gasteiger partial charge in [0.25, 0.3) is 0 Å². The van der Waals surface area contributed by atoms with E-state index in [0.29, 0.717) is 13.0 Å². The summed E-state index contributed by atoms with van der Waals surface area (Å²) in [7, 11) is 1.72. The van der Waals surface area contributed by atoms with E-state index in [1.165, 1.54) is 12.1 Å². The van der Waals surface area contributed by atoms with Gasteiger partial charge in [-0.3, -0.25) is 9.79 Å². The fourth-order valence-electron chi connectivity index (χ4n) is 3.60. The van der Waals surface area contributed by atoms with Gasteiger partial charge in [0.1, 0.15) is 0 Å². The number of hydrogen-bond acceptors (Lipinski definition) is 3. The van der Waals surface area contributed by atoms with Gasteiger partial charge in [-0.25, -0.2) is 4.39 Å². The Balaban J connectivity index is 1.63. The molecule has 1 amide bonds. The molecule has 0 aliphatic carbocycles. The molecular formula is C17H23FN4O2. The highest BCUT2D eigenvalue weighted by Gasteiger charge is 2.42. The maximum atomic E-state index is 13.4. The van der Waals surface area contributed by atoms with Crippen LogP contribution in [0.4, 0.5) is 4.39 Å². The first-order valence-corrected chi connectivity index (χ1v) is 8.21. The van der Waals surface area contributed by atoms with Gasteiger partial charge < -0.3 is 20.6 Å². The molecule has 2 fully saturated rings. The Morgan fingerprint density at radius 2 is 2.38 bits per heavy atom. The predicted octanol–water partition coefficient (Wildman–Crippen LogP) is 1.21. The Kier molecular flexibility index (Phi) is 4.59. The van der Waals surface area contributed by atoms with Gasteiger partial charge in [-0.2, -0.15) is 0 Å². The maximum absolute atomic E-state index is 13.4. The molecule has 1 aromatic rings. The molecule has 1 atom stereocenters. The summed E-state index contributed by atoms with van der Waals surface area (Å²) < 4.78 is 13.4. The molecule has 3 N–H and O–H groups in total. The lowest BCUT2D eigenvalue weighted by molar-refractivity contribution is -0.119. The van der Waals surface area contributed by atoms with E-state index in [-0.39, 0.29) is 17.1 Å². The van der Waals surface area contributed by atoms with Gasteiger partial charge in [-0.15, -0.1) is 0 Å². The molecule has 2 aliphatic rings. The summed E-state index contributed by atoms with van der Waals surface area (Å²) in [6.45, 7) is 2.82. The summed E-state index contributed by atoms with van der Waals surface area (Å²) in [6.07, 6.45) is 2.63. The zero-order valence-corrected chi connectivity index (χ0v) is 13.8. The van der Waals surface area contributed by atoms with Gasteiger partial charge >= 0.3 is 0 Å². The second-order valence-corrected chi connectivity index (χ2v) is 6.67. The number of hydrogen-bond donors (Lipinski definition) is 3. The van der Waals surface area contributed by atoms with Crippen LogP contribution in [0.25, 0.3) is 0 Å². The number of aliphatic imine (C=N–C) groups is 1. The lowest BCUT2D eigenvalue weighted by Crippen LogP contribution is -2.51. The van der Waals surface area contributed by atoms with Crippen LogP contribution in [0.3, 0.4) is 0 Å². The second-order valence-electron chi connectivity index (χ2n) is 6.67. The molecular weight excluding hydrogens is 311 g/mol. The molecule has 7 heteroatoms. The number of amides is 1. The zero-order valence-electron chi connectivity index (χ0n) is 13.8. The number of aromatic hydroxyl groups is 1. The summed E-state index contributed by atoms with van der Waals surface area (Å²) in [5.74, 6) is -0.0995. The Hall–Kier alpha value is -2.31. The summed E-state index contributed by atoms with van der Waals surface area (Å²) in [4.78, 5) is 18.1. The highest BCUT2D eigenvalue weighted by molar-refractivity contribution is 5.81. The number of rotatable bonds is 2. The minimum Gasteiger partial charge on any atom is -0.505 e. The van der Waals surface area contributed by atoms with Crippen LogP contribution in [0.15, 0.2) is 23.2 Å². The van der Waals surface area contributed by atoms with E-state index in [4.69, 9.17) is 0 Å². The Morgan fingerprint density at radius 1 is 1.54 bits per heavy atom. The van der Waals surface area contributed by atoms with Crippen LogP contribution < -0.4 is 10.6 Å². The van der Waals surface area contributed by atoms with Crippen molar-refractivity contribution < 1.29 is 14.3 Å². The van der Waals surface area contributed by atoms with Crippen molar-refractivity contribution in [2.45, 2.75) is 25.8 Å². The minimum absolute atomic E-state index is 0.00238. The third kappa shape index (κ3) is 3.44. The van der Waals surface area contributed by atoms with Gasteiger partial charge in [-0.1, -0.05) is 6.07 Å². The van der Waals surface area contributed by atoms with Gasteiger partial charge in [0.2, 0.25) is 5.91 Å². The van der Waals surface area contributed by atoms with Gasteiger partial charge in [-0.05, 0) is 30.5 Å². The van der Waals surface area contributed by atoms with E-state index in [2.05, 4.69) is 20.5 Å². The highest BCUT2D eigenvalue weighted by atomic mass is 19.1. The fourth-order valence-corrected chi connectivity index (χ4v) is 3.60. The van der Waals surface area contributed by atoms with E-state index in [0.717, 1.165) is 44.0 Å². The lowest BCUT2D eigenvalue weighted by atomic mass is 9.79. The van der Waals surface area contributed by atoms with E-state index in [1.54, 1.807) is 13.1 Å². The van der Waals surface area contributed by atoms with E-state index in [9.17, 15) is 14.3 Å². The molecule has 130 valence electrons. The molecule has 1 unspecified atom stereocenters. The van der Waals surface area contributed by atoms with Crippen molar-refractivity contribution in [3.63, 3.8) is 0 Å². The van der Waals surface area contributed by atoms with Crippen molar-refractivity contribution in [2.75, 3.05) is 26.7 Å². The molecule has 0 bridgehead atoms. The number of carbonyl (C=O) groups is 1. The number of halogens is 1. The van der Waals surface area contributed by atoms with Crippen molar-refractivity contribution in [1.82, 2.24) is 15.5 Å². The van der Waals surface area contributed by atoms with Crippen LogP contribution in [0.2, 0.25) is 0 Å². The maximum Gasteiger partial charge on any atom is 0.220 e. The molecule has 1 spiro atoms. The summed E-state index contributed by atoms with van der Waals surface area (Å²) in [5, 5.41) is 15.4. The molecule has 0 aromatic heterocycles. The molecule has 3 rings (SSSR count). The lowest BCUT2D eigenvalue weighted by Gasteiger charge is -2.40. The van der Waals surface area contributed by atoms with Crippen LogP contribution >= 0.6 is 0 Å². The first-order valence-electron chi connectivity index (χ1n) is 8.21. The van der Waals surface area contributed by atoms with Crippen LogP contribution in [0.1, 0.15) is 24.8 Å². The first-order chi connectivity index (χ1) is 11.5. The summed E-state index contributed by atoms with van der Waals surface area (Å²) in [6, 6.07) is 4.34. The average Bonchev–Trinajstić information content (AvgIpc) is 2.91. The largest absolute Gasteiger partial charge is 0.505 e. The quantitative estimate of drug-likeness (QED) is 0.561. The average molecular weight is 334 g/mol. The number of nitrogens with zero attached hydrogens (tertiary/aromatic N) is 2. The molecule has 24 heavy (non-hydrogen) atoms. The first kappa shape index (κ1) is 16.5. The topological polar surface area (TPSA) is 77.0 Å². The molecule has 2 aliphatic heterocycles. The number of carbonyl (C=O) groups excluding carboxylic acids is 1. The molecule has 2 saturated heterocycles. The molecule has 0 saturated carbocycles.